The third kappa shape index (κ3) is 5.97. The van der Waals surface area contributed by atoms with Gasteiger partial charge in [-0.15, -0.1) is 0 Å². The van der Waals surface area contributed by atoms with Crippen molar-refractivity contribution >= 4 is 0 Å². The molecule has 0 spiro atoms. The Kier molecular flexibility index (Phi) is 6.54. The van der Waals surface area contributed by atoms with Gasteiger partial charge < -0.3 is 10.1 Å². The predicted octanol–water partition coefficient (Wildman–Crippen LogP) is 2.54. The van der Waals surface area contributed by atoms with Gasteiger partial charge in [-0.1, -0.05) is 6.92 Å². The van der Waals surface area contributed by atoms with Crippen molar-refractivity contribution in [1.29, 1.82) is 0 Å². The van der Waals surface area contributed by atoms with E-state index in [1.54, 1.807) is 21.0 Å². The van der Waals surface area contributed by atoms with Crippen LogP contribution in [-0.2, 0) is 11.2 Å². The van der Waals surface area contributed by atoms with E-state index in [-0.39, 0.29) is 11.7 Å². The summed E-state index contributed by atoms with van der Waals surface area (Å²) in [6.07, 6.45) is -5.37. The molecule has 0 aromatic carbocycles. The SMILES string of the molecule is COCCNCC(C)c1c(C)nc(CC(F)(F)F)nc1C. The van der Waals surface area contributed by atoms with Crippen LogP contribution in [0.1, 0.15) is 35.6 Å². The maximum atomic E-state index is 12.4. The van der Waals surface area contributed by atoms with Crippen LogP contribution >= 0.6 is 0 Å². The third-order valence-corrected chi connectivity index (χ3v) is 3.16. The van der Waals surface area contributed by atoms with Gasteiger partial charge in [0.1, 0.15) is 12.2 Å². The Labute approximate surface area is 123 Å². The van der Waals surface area contributed by atoms with E-state index < -0.39 is 12.6 Å². The van der Waals surface area contributed by atoms with Gasteiger partial charge in [0.05, 0.1) is 6.61 Å². The second-order valence-corrected chi connectivity index (χ2v) is 5.11. The molecule has 0 amide bonds. The molecule has 0 fully saturated rings. The van der Waals surface area contributed by atoms with Crippen molar-refractivity contribution in [3.8, 4) is 0 Å². The number of aromatic nitrogens is 2. The average Bonchev–Trinajstić information content (AvgIpc) is 2.31. The smallest absolute Gasteiger partial charge is 0.383 e. The zero-order valence-corrected chi connectivity index (χ0v) is 12.8. The Hall–Kier alpha value is -1.21. The molecule has 0 aliphatic rings. The van der Waals surface area contributed by atoms with Crippen molar-refractivity contribution in [2.75, 3.05) is 26.8 Å². The zero-order chi connectivity index (χ0) is 16.0. The molecular formula is C14H22F3N3O. The molecule has 1 N–H and O–H groups in total. The van der Waals surface area contributed by atoms with Crippen LogP contribution in [0.5, 0.6) is 0 Å². The largest absolute Gasteiger partial charge is 0.396 e. The van der Waals surface area contributed by atoms with E-state index in [0.717, 1.165) is 12.1 Å². The molecule has 1 unspecified atom stereocenters. The highest BCUT2D eigenvalue weighted by atomic mass is 19.4. The molecule has 0 radical (unpaired) electrons. The maximum absolute atomic E-state index is 12.4. The van der Waals surface area contributed by atoms with Crippen LogP contribution in [0.4, 0.5) is 13.2 Å². The van der Waals surface area contributed by atoms with Crippen LogP contribution in [0.15, 0.2) is 0 Å². The first-order chi connectivity index (χ1) is 9.74. The van der Waals surface area contributed by atoms with Crippen LogP contribution in [0.3, 0.4) is 0 Å². The fourth-order valence-corrected chi connectivity index (χ4v) is 2.36. The minimum absolute atomic E-state index is 0.127. The fourth-order valence-electron chi connectivity index (χ4n) is 2.36. The van der Waals surface area contributed by atoms with Gasteiger partial charge in [-0.2, -0.15) is 13.2 Å². The van der Waals surface area contributed by atoms with Crippen LogP contribution in [0.2, 0.25) is 0 Å². The van der Waals surface area contributed by atoms with Crippen molar-refractivity contribution in [3.63, 3.8) is 0 Å². The molecule has 0 aliphatic heterocycles. The first-order valence-corrected chi connectivity index (χ1v) is 6.85. The van der Waals surface area contributed by atoms with Gasteiger partial charge in [-0.05, 0) is 25.3 Å². The summed E-state index contributed by atoms with van der Waals surface area (Å²) in [5.74, 6) is -0.0393. The summed E-state index contributed by atoms with van der Waals surface area (Å²) in [5.41, 5.74) is 2.14. The summed E-state index contributed by atoms with van der Waals surface area (Å²) in [4.78, 5) is 8.00. The molecule has 1 heterocycles. The van der Waals surface area contributed by atoms with Crippen LogP contribution in [0.25, 0.3) is 0 Å². The topological polar surface area (TPSA) is 47.0 Å². The normalized spacial score (nSPS) is 13.5. The number of methoxy groups -OCH3 is 1. The van der Waals surface area contributed by atoms with Gasteiger partial charge in [0, 0.05) is 31.6 Å². The molecule has 0 saturated heterocycles. The molecule has 1 aromatic rings. The van der Waals surface area contributed by atoms with E-state index in [1.807, 2.05) is 6.92 Å². The predicted molar refractivity (Wildman–Crippen MR) is 74.4 cm³/mol. The van der Waals surface area contributed by atoms with E-state index in [9.17, 15) is 13.2 Å². The quantitative estimate of drug-likeness (QED) is 0.786. The standard InChI is InChI=1S/C14H22F3N3O/c1-9(8-18-5-6-21-4)13-10(2)19-12(20-11(13)3)7-14(15,16)17/h9,18H,5-8H2,1-4H3. The summed E-state index contributed by atoms with van der Waals surface area (Å²) >= 11 is 0. The van der Waals surface area contributed by atoms with Crippen molar-refractivity contribution in [2.24, 2.45) is 0 Å². The number of hydrogen-bond donors (Lipinski definition) is 1. The molecule has 0 saturated carbocycles. The number of aryl methyl sites for hydroxylation is 2. The van der Waals surface area contributed by atoms with Crippen molar-refractivity contribution in [2.45, 2.75) is 39.3 Å². The molecule has 120 valence electrons. The lowest BCUT2D eigenvalue weighted by Gasteiger charge is -2.18. The molecule has 7 heteroatoms. The van der Waals surface area contributed by atoms with Crippen LogP contribution in [0, 0.1) is 13.8 Å². The number of nitrogens with one attached hydrogen (secondary N) is 1. The Balaban J connectivity index is 2.79. The maximum Gasteiger partial charge on any atom is 0.396 e. The van der Waals surface area contributed by atoms with Crippen LogP contribution in [-0.4, -0.2) is 43.0 Å². The lowest BCUT2D eigenvalue weighted by atomic mass is 9.98. The summed E-state index contributed by atoms with van der Waals surface area (Å²) in [6.45, 7) is 7.51. The lowest BCUT2D eigenvalue weighted by Crippen LogP contribution is -2.25. The molecular weight excluding hydrogens is 283 g/mol. The average molecular weight is 305 g/mol. The zero-order valence-electron chi connectivity index (χ0n) is 12.8. The van der Waals surface area contributed by atoms with Gasteiger partial charge in [-0.25, -0.2) is 9.97 Å². The molecule has 0 aliphatic carbocycles. The first kappa shape index (κ1) is 17.8. The van der Waals surface area contributed by atoms with Crippen molar-refractivity contribution in [3.05, 3.63) is 22.8 Å². The van der Waals surface area contributed by atoms with Crippen molar-refractivity contribution < 1.29 is 17.9 Å². The Morgan fingerprint density at radius 3 is 2.24 bits per heavy atom. The third-order valence-electron chi connectivity index (χ3n) is 3.16. The van der Waals surface area contributed by atoms with E-state index >= 15 is 0 Å². The van der Waals surface area contributed by atoms with Crippen LogP contribution < -0.4 is 5.32 Å². The number of halogens is 3. The van der Waals surface area contributed by atoms with Gasteiger partial charge in [0.15, 0.2) is 0 Å². The van der Waals surface area contributed by atoms with E-state index in [4.69, 9.17) is 4.74 Å². The van der Waals surface area contributed by atoms with Gasteiger partial charge in [-0.3, -0.25) is 0 Å². The molecule has 4 nitrogen and oxygen atoms in total. The monoisotopic (exact) mass is 305 g/mol. The summed E-state index contributed by atoms with van der Waals surface area (Å²) in [7, 11) is 1.63. The van der Waals surface area contributed by atoms with E-state index in [0.29, 0.717) is 24.5 Å². The molecule has 21 heavy (non-hydrogen) atoms. The highest BCUT2D eigenvalue weighted by Crippen LogP contribution is 2.24. The molecule has 1 atom stereocenters. The number of rotatable bonds is 7. The minimum atomic E-state index is -4.28. The fraction of sp³-hybridized carbons (Fsp3) is 0.714. The van der Waals surface area contributed by atoms with E-state index in [1.165, 1.54) is 0 Å². The lowest BCUT2D eigenvalue weighted by molar-refractivity contribution is -0.128. The number of hydrogen-bond acceptors (Lipinski definition) is 4. The number of ether oxygens (including phenoxy) is 1. The second-order valence-electron chi connectivity index (χ2n) is 5.11. The highest BCUT2D eigenvalue weighted by Gasteiger charge is 2.30. The Bertz CT molecular complexity index is 440. The molecule has 0 bridgehead atoms. The number of alkyl halides is 3. The summed E-state index contributed by atoms with van der Waals surface area (Å²) < 4.78 is 42.1. The first-order valence-electron chi connectivity index (χ1n) is 6.85. The van der Waals surface area contributed by atoms with Crippen molar-refractivity contribution in [1.82, 2.24) is 15.3 Å². The highest BCUT2D eigenvalue weighted by molar-refractivity contribution is 5.28. The minimum Gasteiger partial charge on any atom is -0.383 e. The van der Waals surface area contributed by atoms with Gasteiger partial charge >= 0.3 is 6.18 Å². The second kappa shape index (κ2) is 7.70. The van der Waals surface area contributed by atoms with Gasteiger partial charge in [0.2, 0.25) is 0 Å². The summed E-state index contributed by atoms with van der Waals surface area (Å²) in [6, 6.07) is 0. The molecule has 1 aromatic heterocycles. The van der Waals surface area contributed by atoms with E-state index in [2.05, 4.69) is 15.3 Å². The van der Waals surface area contributed by atoms with Gasteiger partial charge in [0.25, 0.3) is 0 Å². The molecule has 1 rings (SSSR count). The Morgan fingerprint density at radius 1 is 1.19 bits per heavy atom. The number of nitrogens with zero attached hydrogens (tertiary/aromatic N) is 2. The summed E-state index contributed by atoms with van der Waals surface area (Å²) in [5, 5.41) is 3.23. The Morgan fingerprint density at radius 2 is 1.76 bits per heavy atom.